The van der Waals surface area contributed by atoms with E-state index in [0.717, 1.165) is 99.6 Å². The molecule has 300 valence electrons. The fraction of sp³-hybridized carbons (Fsp3) is 0. The Kier molecular flexibility index (Phi) is 8.08. The number of hydrogen-bond donors (Lipinski definition) is 0. The van der Waals surface area contributed by atoms with Gasteiger partial charge in [0.25, 0.3) is 0 Å². The molecule has 0 spiro atoms. The fourth-order valence-corrected chi connectivity index (χ4v) is 9.07. The molecule has 0 aliphatic carbocycles. The molecule has 0 N–H and O–H groups in total. The van der Waals surface area contributed by atoms with E-state index in [-0.39, 0.29) is 0 Å². The molecule has 0 saturated carbocycles. The smallest absolute Gasteiger partial charge is 0.307 e. The van der Waals surface area contributed by atoms with Gasteiger partial charge in [0.2, 0.25) is 11.8 Å². The first kappa shape index (κ1) is 35.9. The second-order valence-electron chi connectivity index (χ2n) is 16.0. The van der Waals surface area contributed by atoms with Crippen LogP contribution in [0.15, 0.2) is 220 Å². The number of rotatable bonds is 7. The van der Waals surface area contributed by atoms with Gasteiger partial charge < -0.3 is 13.3 Å². The molecule has 0 unspecified atom stereocenters. The van der Waals surface area contributed by atoms with Crippen LogP contribution in [0.25, 0.3) is 129 Å². The van der Waals surface area contributed by atoms with E-state index in [9.17, 15) is 0 Å². The predicted molar refractivity (Wildman–Crippen MR) is 256 cm³/mol. The molecule has 4 aromatic heterocycles. The summed E-state index contributed by atoms with van der Waals surface area (Å²) in [6.45, 7) is 0. The molecule has 0 amide bonds. The summed E-state index contributed by atoms with van der Waals surface area (Å²) in [4.78, 5) is 15.2. The molecule has 13 rings (SSSR count). The van der Waals surface area contributed by atoms with Crippen molar-refractivity contribution in [1.82, 2.24) is 19.5 Å². The summed E-state index contributed by atoms with van der Waals surface area (Å²) in [5.41, 5.74) is 16.8. The molecule has 64 heavy (non-hydrogen) atoms. The molecular formula is C57H34N4O3. The first-order valence-corrected chi connectivity index (χ1v) is 21.2. The van der Waals surface area contributed by atoms with Gasteiger partial charge in [-0.15, -0.1) is 0 Å². The number of hydrogen-bond acceptors (Lipinski definition) is 6. The van der Waals surface area contributed by atoms with Gasteiger partial charge in [0, 0.05) is 21.9 Å². The Bertz CT molecular complexity index is 3700. The molecule has 7 heteroatoms. The van der Waals surface area contributed by atoms with Gasteiger partial charge in [0.1, 0.15) is 16.6 Å². The average Bonchev–Trinajstić information content (AvgIpc) is 4.16. The van der Waals surface area contributed by atoms with Gasteiger partial charge in [-0.2, -0.15) is 4.98 Å². The third kappa shape index (κ3) is 5.94. The van der Waals surface area contributed by atoms with Crippen LogP contribution in [0.2, 0.25) is 0 Å². The molecule has 0 aliphatic rings. The summed E-state index contributed by atoms with van der Waals surface area (Å²) in [5.74, 6) is 1.08. The van der Waals surface area contributed by atoms with Crippen LogP contribution in [-0.4, -0.2) is 19.5 Å². The Hall–Kier alpha value is -8.81. The molecule has 0 aliphatic heterocycles. The van der Waals surface area contributed by atoms with Crippen molar-refractivity contribution < 1.29 is 13.3 Å². The number of fused-ring (bicyclic) bond motifs is 6. The summed E-state index contributed by atoms with van der Waals surface area (Å²) in [6, 6.07) is 71.1. The van der Waals surface area contributed by atoms with E-state index in [1.807, 2.05) is 54.6 Å². The van der Waals surface area contributed by atoms with E-state index in [1.165, 1.54) is 0 Å². The fourth-order valence-electron chi connectivity index (χ4n) is 9.07. The van der Waals surface area contributed by atoms with E-state index >= 15 is 0 Å². The largest absolute Gasteiger partial charge is 0.436 e. The molecule has 0 saturated heterocycles. The third-order valence-electron chi connectivity index (χ3n) is 12.1. The van der Waals surface area contributed by atoms with Gasteiger partial charge >= 0.3 is 6.01 Å². The Morgan fingerprint density at radius 3 is 1.20 bits per heavy atom. The zero-order valence-electron chi connectivity index (χ0n) is 34.1. The lowest BCUT2D eigenvalue weighted by atomic mass is 9.94. The highest BCUT2D eigenvalue weighted by molar-refractivity contribution is 6.11. The highest BCUT2D eigenvalue weighted by atomic mass is 16.4. The minimum Gasteiger partial charge on any atom is -0.436 e. The molecule has 7 nitrogen and oxygen atoms in total. The molecule has 9 aromatic carbocycles. The molecule has 13 aromatic rings. The highest BCUT2D eigenvalue weighted by Gasteiger charge is 2.22. The van der Waals surface area contributed by atoms with Crippen molar-refractivity contribution in [2.24, 2.45) is 0 Å². The first-order chi connectivity index (χ1) is 31.7. The first-order valence-electron chi connectivity index (χ1n) is 21.2. The minimum atomic E-state index is 0.463. The molecule has 0 radical (unpaired) electrons. The quantitative estimate of drug-likeness (QED) is 0.159. The zero-order valence-corrected chi connectivity index (χ0v) is 34.1. The van der Waals surface area contributed by atoms with E-state index in [4.69, 9.17) is 28.2 Å². The molecule has 0 bridgehead atoms. The average molecular weight is 823 g/mol. The van der Waals surface area contributed by atoms with E-state index in [2.05, 4.69) is 156 Å². The van der Waals surface area contributed by atoms with Gasteiger partial charge in [0.15, 0.2) is 16.7 Å². The Morgan fingerprint density at radius 1 is 0.297 bits per heavy atom. The van der Waals surface area contributed by atoms with Crippen molar-refractivity contribution in [3.05, 3.63) is 206 Å². The lowest BCUT2D eigenvalue weighted by Gasteiger charge is -2.10. The van der Waals surface area contributed by atoms with E-state index in [1.54, 1.807) is 0 Å². The lowest BCUT2D eigenvalue weighted by molar-refractivity contribution is 0.574. The lowest BCUT2D eigenvalue weighted by Crippen LogP contribution is -1.94. The normalized spacial score (nSPS) is 11.8. The van der Waals surface area contributed by atoms with Gasteiger partial charge in [-0.05, 0) is 117 Å². The SMILES string of the molecule is c1ccc(-c2cc3nc(-c4ccc5c(c4)c4cc(-c6nc7ccccc7o6)ccc4n5-c4nc5cc(-c6ccccc6)c(-c6ccccc6)cc5o4)oc3cc2-c2ccccc2)cc1. The standard InChI is InChI=1S/C57H34N4O3/c1-5-15-35(16-6-1)41-31-48-53(33-43(41)37-19-9-3-10-20-37)63-56(59-48)40-26-28-51-46(30-40)45-29-39(55-58-47-23-13-14-24-52(47)62-55)25-27-50(45)61(51)57-60-49-32-42(36-17-7-2-8-18-36)44(34-54(49)64-57)38-21-11-4-12-22-38/h1-34H. The Morgan fingerprint density at radius 2 is 0.703 bits per heavy atom. The van der Waals surface area contributed by atoms with Crippen molar-refractivity contribution in [3.8, 4) is 73.4 Å². The number of para-hydroxylation sites is 2. The number of nitrogens with zero attached hydrogens (tertiary/aromatic N) is 4. The second-order valence-corrected chi connectivity index (χ2v) is 16.0. The van der Waals surface area contributed by atoms with Crippen molar-refractivity contribution in [2.75, 3.05) is 0 Å². The Labute approximate surface area is 366 Å². The number of oxazole rings is 3. The summed E-state index contributed by atoms with van der Waals surface area (Å²) >= 11 is 0. The highest BCUT2D eigenvalue weighted by Crippen LogP contribution is 2.42. The van der Waals surface area contributed by atoms with E-state index < -0.39 is 0 Å². The van der Waals surface area contributed by atoms with Gasteiger partial charge in [-0.3, -0.25) is 4.57 Å². The topological polar surface area (TPSA) is 83.0 Å². The van der Waals surface area contributed by atoms with Gasteiger partial charge in [-0.1, -0.05) is 133 Å². The van der Waals surface area contributed by atoms with Gasteiger partial charge in [0.05, 0.1) is 11.0 Å². The summed E-state index contributed by atoms with van der Waals surface area (Å²) in [6.07, 6.45) is 0. The second kappa shape index (κ2) is 14.4. The number of aromatic nitrogens is 4. The third-order valence-corrected chi connectivity index (χ3v) is 12.1. The molecular weight excluding hydrogens is 789 g/mol. The molecule has 0 atom stereocenters. The summed E-state index contributed by atoms with van der Waals surface area (Å²) < 4.78 is 21.8. The maximum absolute atomic E-state index is 6.78. The minimum absolute atomic E-state index is 0.463. The molecule has 4 heterocycles. The maximum atomic E-state index is 6.78. The summed E-state index contributed by atoms with van der Waals surface area (Å²) in [5, 5.41) is 1.95. The van der Waals surface area contributed by atoms with E-state index in [0.29, 0.717) is 29.0 Å². The monoisotopic (exact) mass is 822 g/mol. The van der Waals surface area contributed by atoms with Crippen LogP contribution in [0, 0.1) is 0 Å². The van der Waals surface area contributed by atoms with Crippen LogP contribution < -0.4 is 0 Å². The van der Waals surface area contributed by atoms with Crippen LogP contribution in [0.1, 0.15) is 0 Å². The summed E-state index contributed by atoms with van der Waals surface area (Å²) in [7, 11) is 0. The maximum Gasteiger partial charge on any atom is 0.307 e. The van der Waals surface area contributed by atoms with Crippen molar-refractivity contribution in [2.45, 2.75) is 0 Å². The van der Waals surface area contributed by atoms with Crippen molar-refractivity contribution in [1.29, 1.82) is 0 Å². The van der Waals surface area contributed by atoms with Crippen LogP contribution in [0.5, 0.6) is 0 Å². The van der Waals surface area contributed by atoms with Crippen LogP contribution >= 0.6 is 0 Å². The number of benzene rings is 9. The van der Waals surface area contributed by atoms with Crippen molar-refractivity contribution >= 4 is 55.1 Å². The predicted octanol–water partition coefficient (Wildman–Crippen LogP) is 15.2. The van der Waals surface area contributed by atoms with Crippen LogP contribution in [-0.2, 0) is 0 Å². The van der Waals surface area contributed by atoms with Crippen LogP contribution in [0.4, 0.5) is 0 Å². The molecule has 0 fully saturated rings. The zero-order chi connectivity index (χ0) is 42.1. The van der Waals surface area contributed by atoms with Crippen molar-refractivity contribution in [3.63, 3.8) is 0 Å². The van der Waals surface area contributed by atoms with Crippen LogP contribution in [0.3, 0.4) is 0 Å². The van der Waals surface area contributed by atoms with Gasteiger partial charge in [-0.25, -0.2) is 9.97 Å². The Balaban J connectivity index is 1.01.